The first-order valence-corrected chi connectivity index (χ1v) is 6.76. The summed E-state index contributed by atoms with van der Waals surface area (Å²) in [5.74, 6) is 1.77. The zero-order valence-electron chi connectivity index (χ0n) is 10.7. The molecule has 1 fully saturated rings. The van der Waals surface area contributed by atoms with Gasteiger partial charge in [0.2, 0.25) is 0 Å². The monoisotopic (exact) mass is 228 g/mol. The second-order valence-corrected chi connectivity index (χ2v) is 5.86. The van der Waals surface area contributed by atoms with Crippen LogP contribution in [-0.2, 0) is 10.2 Å². The molecule has 0 aliphatic heterocycles. The molecule has 0 bridgehead atoms. The molecule has 0 saturated heterocycles. The van der Waals surface area contributed by atoms with Gasteiger partial charge in [-0.1, -0.05) is 38.1 Å². The smallest absolute Gasteiger partial charge is 0.132 e. The number of hydrogen-bond acceptors (Lipinski definition) is 1. The Hall–Kier alpha value is -1.11. The molecule has 2 atom stereocenters. The van der Waals surface area contributed by atoms with Gasteiger partial charge in [0.1, 0.15) is 5.78 Å². The van der Waals surface area contributed by atoms with Crippen molar-refractivity contribution < 1.29 is 4.79 Å². The van der Waals surface area contributed by atoms with Crippen LogP contribution in [0.25, 0.3) is 0 Å². The molecule has 2 aliphatic rings. The number of hydrogen-bond donors (Lipinski definition) is 0. The van der Waals surface area contributed by atoms with Crippen LogP contribution in [0.4, 0.5) is 0 Å². The Labute approximate surface area is 103 Å². The lowest BCUT2D eigenvalue weighted by atomic mass is 9.64. The first-order valence-electron chi connectivity index (χ1n) is 6.76. The summed E-state index contributed by atoms with van der Waals surface area (Å²) in [5.41, 5.74) is 3.35. The highest BCUT2D eigenvalue weighted by atomic mass is 16.1. The van der Waals surface area contributed by atoms with Gasteiger partial charge in [-0.05, 0) is 41.2 Å². The number of carbonyl (C=O) groups is 1. The Kier molecular flexibility index (Phi) is 2.39. The van der Waals surface area contributed by atoms with Crippen LogP contribution in [-0.4, -0.2) is 5.78 Å². The highest BCUT2D eigenvalue weighted by Gasteiger charge is 2.49. The highest BCUT2D eigenvalue weighted by Crippen LogP contribution is 2.56. The van der Waals surface area contributed by atoms with Crippen LogP contribution in [0.2, 0.25) is 0 Å². The number of carbonyl (C=O) groups excluding carboxylic acids is 1. The second-order valence-electron chi connectivity index (χ2n) is 5.86. The average molecular weight is 228 g/mol. The van der Waals surface area contributed by atoms with Crippen LogP contribution in [0.1, 0.15) is 56.6 Å². The van der Waals surface area contributed by atoms with E-state index in [0.717, 1.165) is 25.7 Å². The van der Waals surface area contributed by atoms with Crippen LogP contribution in [0.3, 0.4) is 0 Å². The van der Waals surface area contributed by atoms with Crippen molar-refractivity contribution in [1.82, 2.24) is 0 Å². The van der Waals surface area contributed by atoms with E-state index in [9.17, 15) is 4.79 Å². The van der Waals surface area contributed by atoms with Crippen LogP contribution in [0.15, 0.2) is 24.3 Å². The molecule has 1 heteroatoms. The summed E-state index contributed by atoms with van der Waals surface area (Å²) < 4.78 is 0. The summed E-state index contributed by atoms with van der Waals surface area (Å²) >= 11 is 0. The van der Waals surface area contributed by atoms with Crippen molar-refractivity contribution in [3.05, 3.63) is 35.4 Å². The summed E-state index contributed by atoms with van der Waals surface area (Å²) in [4.78, 5) is 11.5. The normalized spacial score (nSPS) is 30.6. The summed E-state index contributed by atoms with van der Waals surface area (Å²) in [6.45, 7) is 4.72. The van der Waals surface area contributed by atoms with Crippen molar-refractivity contribution >= 4 is 5.78 Å². The SMILES string of the molecule is CC1c2ccccc2C2(CCC(=O)CC2)C1C. The minimum atomic E-state index is 0.296. The molecule has 3 rings (SSSR count). The zero-order chi connectivity index (χ0) is 12.0. The fourth-order valence-electron chi connectivity index (χ4n) is 4.04. The molecule has 0 radical (unpaired) electrons. The molecular formula is C16H20O. The topological polar surface area (TPSA) is 17.1 Å². The lowest BCUT2D eigenvalue weighted by Gasteiger charge is -2.39. The Balaban J connectivity index is 2.08. The molecule has 0 N–H and O–H groups in total. The maximum Gasteiger partial charge on any atom is 0.132 e. The van der Waals surface area contributed by atoms with Gasteiger partial charge in [0.15, 0.2) is 0 Å². The van der Waals surface area contributed by atoms with E-state index in [1.807, 2.05) is 0 Å². The molecule has 0 aromatic heterocycles. The standard InChI is InChI=1S/C16H20O/c1-11-12(2)16(9-7-13(17)8-10-16)15-6-4-3-5-14(11)15/h3-6,11-12H,7-10H2,1-2H3. The third-order valence-electron chi connectivity index (χ3n) is 5.31. The molecule has 90 valence electrons. The van der Waals surface area contributed by atoms with E-state index in [1.54, 1.807) is 0 Å². The van der Waals surface area contributed by atoms with E-state index in [0.29, 0.717) is 23.0 Å². The van der Waals surface area contributed by atoms with Gasteiger partial charge in [-0.2, -0.15) is 0 Å². The van der Waals surface area contributed by atoms with Crippen molar-refractivity contribution in [3.63, 3.8) is 0 Å². The largest absolute Gasteiger partial charge is 0.300 e. The molecule has 1 nitrogen and oxygen atoms in total. The summed E-state index contributed by atoms with van der Waals surface area (Å²) in [6, 6.07) is 8.88. The molecule has 0 amide bonds. The summed E-state index contributed by atoms with van der Waals surface area (Å²) in [5, 5.41) is 0. The Morgan fingerprint density at radius 2 is 1.76 bits per heavy atom. The van der Waals surface area contributed by atoms with Gasteiger partial charge in [-0.15, -0.1) is 0 Å². The molecule has 2 aliphatic carbocycles. The number of fused-ring (bicyclic) bond motifs is 2. The molecule has 1 aromatic carbocycles. The maximum atomic E-state index is 11.5. The van der Waals surface area contributed by atoms with E-state index in [1.165, 1.54) is 11.1 Å². The lowest BCUT2D eigenvalue weighted by molar-refractivity contribution is -0.121. The van der Waals surface area contributed by atoms with Crippen LogP contribution >= 0.6 is 0 Å². The zero-order valence-corrected chi connectivity index (χ0v) is 10.7. The van der Waals surface area contributed by atoms with E-state index < -0.39 is 0 Å². The fraction of sp³-hybridized carbons (Fsp3) is 0.562. The first kappa shape index (κ1) is 11.0. The minimum absolute atomic E-state index is 0.296. The van der Waals surface area contributed by atoms with Crippen molar-refractivity contribution in [2.24, 2.45) is 5.92 Å². The molecular weight excluding hydrogens is 208 g/mol. The summed E-state index contributed by atoms with van der Waals surface area (Å²) in [6.07, 6.45) is 3.69. The Morgan fingerprint density at radius 1 is 1.12 bits per heavy atom. The van der Waals surface area contributed by atoms with Gasteiger partial charge in [-0.3, -0.25) is 4.79 Å². The fourth-order valence-corrected chi connectivity index (χ4v) is 4.04. The molecule has 2 unspecified atom stereocenters. The van der Waals surface area contributed by atoms with Gasteiger partial charge >= 0.3 is 0 Å². The minimum Gasteiger partial charge on any atom is -0.300 e. The third kappa shape index (κ3) is 1.41. The molecule has 1 saturated carbocycles. The quantitative estimate of drug-likeness (QED) is 0.659. The van der Waals surface area contributed by atoms with Gasteiger partial charge in [-0.25, -0.2) is 0 Å². The first-order chi connectivity index (χ1) is 8.15. The molecule has 0 heterocycles. The average Bonchev–Trinajstić information content (AvgIpc) is 2.57. The van der Waals surface area contributed by atoms with Crippen LogP contribution in [0, 0.1) is 5.92 Å². The number of benzene rings is 1. The van der Waals surface area contributed by atoms with E-state index in [2.05, 4.69) is 38.1 Å². The highest BCUT2D eigenvalue weighted by molar-refractivity contribution is 5.80. The van der Waals surface area contributed by atoms with Crippen molar-refractivity contribution in [3.8, 4) is 0 Å². The maximum absolute atomic E-state index is 11.5. The Morgan fingerprint density at radius 3 is 2.47 bits per heavy atom. The number of Topliss-reactive ketones (excluding diaryl/α,β-unsaturated/α-hetero) is 1. The molecule has 1 aromatic rings. The molecule has 1 spiro atoms. The number of ketones is 1. The van der Waals surface area contributed by atoms with E-state index >= 15 is 0 Å². The lowest BCUT2D eigenvalue weighted by Crippen LogP contribution is -2.35. The molecule has 17 heavy (non-hydrogen) atoms. The summed E-state index contributed by atoms with van der Waals surface area (Å²) in [7, 11) is 0. The van der Waals surface area contributed by atoms with Gasteiger partial charge in [0, 0.05) is 12.8 Å². The van der Waals surface area contributed by atoms with E-state index in [-0.39, 0.29) is 0 Å². The number of rotatable bonds is 0. The van der Waals surface area contributed by atoms with Crippen molar-refractivity contribution in [2.45, 2.75) is 50.9 Å². The van der Waals surface area contributed by atoms with Crippen LogP contribution in [0.5, 0.6) is 0 Å². The van der Waals surface area contributed by atoms with Crippen molar-refractivity contribution in [1.29, 1.82) is 0 Å². The Bertz CT molecular complexity index is 450. The van der Waals surface area contributed by atoms with Crippen molar-refractivity contribution in [2.75, 3.05) is 0 Å². The van der Waals surface area contributed by atoms with E-state index in [4.69, 9.17) is 0 Å². The third-order valence-corrected chi connectivity index (χ3v) is 5.31. The second kappa shape index (κ2) is 3.69. The van der Waals surface area contributed by atoms with Gasteiger partial charge < -0.3 is 0 Å². The van der Waals surface area contributed by atoms with Gasteiger partial charge in [0.25, 0.3) is 0 Å². The predicted molar refractivity (Wildman–Crippen MR) is 69.2 cm³/mol. The predicted octanol–water partition coefficient (Wildman–Crippen LogP) is 3.82. The van der Waals surface area contributed by atoms with Crippen LogP contribution < -0.4 is 0 Å². The van der Waals surface area contributed by atoms with Gasteiger partial charge in [0.05, 0.1) is 0 Å².